The second-order valence-electron chi connectivity index (χ2n) is 3.91. The summed E-state index contributed by atoms with van der Waals surface area (Å²) >= 11 is 3.58. The van der Waals surface area contributed by atoms with E-state index in [9.17, 15) is 0 Å². The Morgan fingerprint density at radius 3 is 2.87 bits per heavy atom. The molecule has 0 aliphatic carbocycles. The van der Waals surface area contributed by atoms with Gasteiger partial charge in [-0.05, 0) is 18.9 Å². The summed E-state index contributed by atoms with van der Waals surface area (Å²) in [6, 6.07) is 0.596. The molecule has 86 valence electrons. The Labute approximate surface area is 101 Å². The predicted molar refractivity (Wildman–Crippen MR) is 69.8 cm³/mol. The van der Waals surface area contributed by atoms with Crippen molar-refractivity contribution < 1.29 is 0 Å². The van der Waals surface area contributed by atoms with Gasteiger partial charge in [-0.3, -0.25) is 0 Å². The molecule has 1 atom stereocenters. The summed E-state index contributed by atoms with van der Waals surface area (Å²) in [4.78, 5) is 4.28. The minimum atomic E-state index is 0.596. The van der Waals surface area contributed by atoms with Gasteiger partial charge in [-0.15, -0.1) is 11.3 Å². The second kappa shape index (κ2) is 7.25. The normalized spacial score (nSPS) is 13.3. The third kappa shape index (κ3) is 5.00. The van der Waals surface area contributed by atoms with Crippen molar-refractivity contribution in [1.82, 2.24) is 10.3 Å². The van der Waals surface area contributed by atoms with Gasteiger partial charge >= 0.3 is 0 Å². The Morgan fingerprint density at radius 2 is 2.33 bits per heavy atom. The minimum Gasteiger partial charge on any atom is -0.313 e. The number of nitrogens with one attached hydrogen (secondary N) is 1. The van der Waals surface area contributed by atoms with E-state index in [1.807, 2.05) is 23.3 Å². The van der Waals surface area contributed by atoms with E-state index in [2.05, 4.69) is 31.1 Å². The fraction of sp³-hybridized carbons (Fsp3) is 0.727. The molecule has 0 bridgehead atoms. The molecule has 1 N–H and O–H groups in total. The van der Waals surface area contributed by atoms with Crippen LogP contribution in [0, 0.1) is 5.92 Å². The molecule has 1 rings (SSSR count). The van der Waals surface area contributed by atoms with E-state index in [1.54, 1.807) is 11.3 Å². The maximum absolute atomic E-state index is 4.28. The Hall–Kier alpha value is -0.0600. The summed E-state index contributed by atoms with van der Waals surface area (Å²) in [5, 5.41) is 5.62. The summed E-state index contributed by atoms with van der Waals surface area (Å²) < 4.78 is 1.18. The van der Waals surface area contributed by atoms with Crippen LogP contribution in [-0.4, -0.2) is 23.3 Å². The van der Waals surface area contributed by atoms with Crippen LogP contribution in [0.25, 0.3) is 0 Å². The minimum absolute atomic E-state index is 0.596. The molecule has 0 aromatic carbocycles. The van der Waals surface area contributed by atoms with Gasteiger partial charge in [0.1, 0.15) is 4.34 Å². The average molecular weight is 244 g/mol. The Balaban J connectivity index is 2.31. The summed E-state index contributed by atoms with van der Waals surface area (Å²) in [5.41, 5.74) is 0. The Morgan fingerprint density at radius 1 is 1.53 bits per heavy atom. The van der Waals surface area contributed by atoms with Gasteiger partial charge in [-0.1, -0.05) is 32.5 Å². The fourth-order valence-electron chi connectivity index (χ4n) is 1.26. The van der Waals surface area contributed by atoms with Crippen molar-refractivity contribution in [2.45, 2.75) is 37.6 Å². The lowest BCUT2D eigenvalue weighted by atomic mass is 10.1. The number of rotatable bonds is 7. The molecular formula is C11H20N2S2. The van der Waals surface area contributed by atoms with Crippen molar-refractivity contribution in [2.24, 2.45) is 5.92 Å². The number of nitrogens with zero attached hydrogens (tertiary/aromatic N) is 1. The monoisotopic (exact) mass is 244 g/mol. The van der Waals surface area contributed by atoms with Gasteiger partial charge in [0.15, 0.2) is 0 Å². The van der Waals surface area contributed by atoms with Crippen molar-refractivity contribution in [3.63, 3.8) is 0 Å². The topological polar surface area (TPSA) is 24.9 Å². The first-order chi connectivity index (χ1) is 7.24. The average Bonchev–Trinajstić information content (AvgIpc) is 2.70. The number of thioether (sulfide) groups is 1. The molecule has 0 fully saturated rings. The van der Waals surface area contributed by atoms with E-state index < -0.39 is 0 Å². The van der Waals surface area contributed by atoms with Gasteiger partial charge in [-0.25, -0.2) is 4.98 Å². The first-order valence-electron chi connectivity index (χ1n) is 5.49. The first kappa shape index (κ1) is 13.0. The lowest BCUT2D eigenvalue weighted by molar-refractivity contribution is 0.434. The maximum Gasteiger partial charge on any atom is 0.149 e. The van der Waals surface area contributed by atoms with Crippen LogP contribution in [-0.2, 0) is 0 Å². The van der Waals surface area contributed by atoms with Crippen LogP contribution in [0.5, 0.6) is 0 Å². The van der Waals surface area contributed by atoms with Crippen molar-refractivity contribution in [3.8, 4) is 0 Å². The van der Waals surface area contributed by atoms with Gasteiger partial charge < -0.3 is 5.32 Å². The zero-order valence-corrected chi connectivity index (χ0v) is 11.3. The number of thiazole rings is 1. The summed E-state index contributed by atoms with van der Waals surface area (Å²) in [5.74, 6) is 1.80. The van der Waals surface area contributed by atoms with E-state index in [0.717, 1.165) is 12.3 Å². The fourth-order valence-corrected chi connectivity index (χ4v) is 3.22. The molecular weight excluding hydrogens is 224 g/mol. The predicted octanol–water partition coefficient (Wildman–Crippen LogP) is 3.26. The zero-order chi connectivity index (χ0) is 11.1. The highest BCUT2D eigenvalue weighted by atomic mass is 32.2. The van der Waals surface area contributed by atoms with E-state index in [-0.39, 0.29) is 0 Å². The Kier molecular flexibility index (Phi) is 6.29. The highest BCUT2D eigenvalue weighted by Gasteiger charge is 2.12. The molecule has 1 heterocycles. The highest BCUT2D eigenvalue weighted by Crippen LogP contribution is 2.22. The Bertz CT molecular complexity index is 247. The van der Waals surface area contributed by atoms with Gasteiger partial charge in [0.2, 0.25) is 0 Å². The SMILES string of the molecule is CCCNC(CSc1nccs1)C(C)C. The second-order valence-corrected chi connectivity index (χ2v) is 6.08. The molecule has 1 aromatic heterocycles. The van der Waals surface area contributed by atoms with Crippen LogP contribution >= 0.6 is 23.1 Å². The summed E-state index contributed by atoms with van der Waals surface area (Å²) in [7, 11) is 0. The number of hydrogen-bond acceptors (Lipinski definition) is 4. The molecule has 0 saturated carbocycles. The molecule has 15 heavy (non-hydrogen) atoms. The van der Waals surface area contributed by atoms with Gasteiger partial charge in [-0.2, -0.15) is 0 Å². The first-order valence-corrected chi connectivity index (χ1v) is 7.36. The van der Waals surface area contributed by atoms with Crippen LogP contribution in [0.15, 0.2) is 15.9 Å². The van der Waals surface area contributed by atoms with Crippen LogP contribution in [0.4, 0.5) is 0 Å². The van der Waals surface area contributed by atoms with Gasteiger partial charge in [0.25, 0.3) is 0 Å². The van der Waals surface area contributed by atoms with Crippen LogP contribution in [0.2, 0.25) is 0 Å². The molecule has 0 spiro atoms. The highest BCUT2D eigenvalue weighted by molar-refractivity contribution is 8.01. The molecule has 0 amide bonds. The third-order valence-electron chi connectivity index (χ3n) is 2.26. The van der Waals surface area contributed by atoms with Crippen LogP contribution in [0.1, 0.15) is 27.2 Å². The molecule has 2 nitrogen and oxygen atoms in total. The van der Waals surface area contributed by atoms with Crippen molar-refractivity contribution in [3.05, 3.63) is 11.6 Å². The van der Waals surface area contributed by atoms with Gasteiger partial charge in [0, 0.05) is 23.4 Å². The lowest BCUT2D eigenvalue weighted by Gasteiger charge is -2.21. The summed E-state index contributed by atoms with van der Waals surface area (Å²) in [6.07, 6.45) is 3.07. The standard InChI is InChI=1S/C11H20N2S2/c1-4-5-12-10(9(2)3)8-15-11-13-6-7-14-11/h6-7,9-10,12H,4-5,8H2,1-3H3. The molecule has 1 unspecified atom stereocenters. The van der Waals surface area contributed by atoms with Crippen molar-refractivity contribution in [1.29, 1.82) is 0 Å². The van der Waals surface area contributed by atoms with Crippen LogP contribution in [0.3, 0.4) is 0 Å². The van der Waals surface area contributed by atoms with Crippen molar-refractivity contribution >= 4 is 23.1 Å². The molecule has 0 radical (unpaired) electrons. The number of aromatic nitrogens is 1. The lowest BCUT2D eigenvalue weighted by Crippen LogP contribution is -2.36. The largest absolute Gasteiger partial charge is 0.313 e. The summed E-state index contributed by atoms with van der Waals surface area (Å²) in [6.45, 7) is 7.87. The third-order valence-corrected chi connectivity index (χ3v) is 4.34. The zero-order valence-electron chi connectivity index (χ0n) is 9.69. The van der Waals surface area contributed by atoms with E-state index >= 15 is 0 Å². The van der Waals surface area contributed by atoms with E-state index in [1.165, 1.54) is 10.8 Å². The molecule has 1 aromatic rings. The number of hydrogen-bond donors (Lipinski definition) is 1. The van der Waals surface area contributed by atoms with E-state index in [4.69, 9.17) is 0 Å². The quantitative estimate of drug-likeness (QED) is 0.745. The van der Waals surface area contributed by atoms with E-state index in [0.29, 0.717) is 12.0 Å². The molecule has 4 heteroatoms. The van der Waals surface area contributed by atoms with Crippen LogP contribution < -0.4 is 5.32 Å². The maximum atomic E-state index is 4.28. The van der Waals surface area contributed by atoms with Crippen molar-refractivity contribution in [2.75, 3.05) is 12.3 Å². The van der Waals surface area contributed by atoms with Gasteiger partial charge in [0.05, 0.1) is 0 Å². The molecule has 0 aliphatic rings. The molecule has 0 aliphatic heterocycles. The molecule has 0 saturated heterocycles. The smallest absolute Gasteiger partial charge is 0.149 e.